The Balaban J connectivity index is 1.94. The van der Waals surface area contributed by atoms with Crippen molar-refractivity contribution in [3.05, 3.63) is 11.7 Å². The number of aromatic nitrogens is 2. The molecular formula is C10H17N3O2. The first kappa shape index (κ1) is 10.6. The molecule has 1 aromatic heterocycles. The lowest BCUT2D eigenvalue weighted by molar-refractivity contribution is 0.109. The van der Waals surface area contributed by atoms with Crippen LogP contribution in [0, 0.1) is 5.92 Å². The second-order valence-electron chi connectivity index (χ2n) is 4.13. The highest BCUT2D eigenvalue weighted by Gasteiger charge is 2.29. The average Bonchev–Trinajstić information content (AvgIpc) is 2.99. The minimum absolute atomic E-state index is 0.125. The lowest BCUT2D eigenvalue weighted by Gasteiger charge is -2.05. The maximum atomic E-state index is 5.97. The van der Waals surface area contributed by atoms with E-state index in [9.17, 15) is 0 Å². The molecule has 2 N–H and O–H groups in total. The van der Waals surface area contributed by atoms with Gasteiger partial charge in [0.25, 0.3) is 0 Å². The van der Waals surface area contributed by atoms with Gasteiger partial charge in [0.2, 0.25) is 5.89 Å². The Hall–Kier alpha value is -0.940. The maximum absolute atomic E-state index is 5.97. The smallest absolute Gasteiger partial charge is 0.228 e. The van der Waals surface area contributed by atoms with E-state index in [1.807, 2.05) is 6.92 Å². The van der Waals surface area contributed by atoms with Gasteiger partial charge in [0.15, 0.2) is 5.82 Å². The molecule has 1 aliphatic rings. The molecule has 0 bridgehead atoms. The molecule has 5 nitrogen and oxygen atoms in total. The van der Waals surface area contributed by atoms with Gasteiger partial charge < -0.3 is 15.0 Å². The zero-order valence-corrected chi connectivity index (χ0v) is 9.14. The predicted octanol–water partition coefficient (Wildman–Crippen LogP) is 1.06. The molecule has 84 valence electrons. The molecule has 2 rings (SSSR count). The summed E-state index contributed by atoms with van der Waals surface area (Å²) in [6.45, 7) is 1.88. The SMILES string of the molecule is COC(C)c1noc(CC(N)C2CC2)n1. The van der Waals surface area contributed by atoms with Crippen molar-refractivity contribution in [2.24, 2.45) is 11.7 Å². The van der Waals surface area contributed by atoms with Crippen molar-refractivity contribution < 1.29 is 9.26 Å². The van der Waals surface area contributed by atoms with Crippen LogP contribution in [0.2, 0.25) is 0 Å². The summed E-state index contributed by atoms with van der Waals surface area (Å²) in [6, 6.07) is 0.163. The Morgan fingerprint density at radius 2 is 2.33 bits per heavy atom. The van der Waals surface area contributed by atoms with Crippen LogP contribution in [0.1, 0.15) is 37.6 Å². The molecule has 1 aliphatic carbocycles. The van der Waals surface area contributed by atoms with Crippen LogP contribution in [-0.4, -0.2) is 23.3 Å². The van der Waals surface area contributed by atoms with Crippen LogP contribution >= 0.6 is 0 Å². The van der Waals surface area contributed by atoms with Crippen LogP contribution < -0.4 is 5.73 Å². The van der Waals surface area contributed by atoms with Gasteiger partial charge in [0, 0.05) is 19.6 Å². The Kier molecular flexibility index (Phi) is 3.02. The van der Waals surface area contributed by atoms with Crippen molar-refractivity contribution in [1.82, 2.24) is 10.1 Å². The number of rotatable bonds is 5. The summed E-state index contributed by atoms with van der Waals surface area (Å²) in [4.78, 5) is 4.25. The largest absolute Gasteiger partial charge is 0.374 e. The molecule has 0 radical (unpaired) electrons. The lowest BCUT2D eigenvalue weighted by atomic mass is 10.1. The summed E-state index contributed by atoms with van der Waals surface area (Å²) in [5, 5.41) is 3.85. The van der Waals surface area contributed by atoms with Crippen LogP contribution in [0.3, 0.4) is 0 Å². The maximum Gasteiger partial charge on any atom is 0.228 e. The van der Waals surface area contributed by atoms with Crippen molar-refractivity contribution in [2.75, 3.05) is 7.11 Å². The number of nitrogens with zero attached hydrogens (tertiary/aromatic N) is 2. The van der Waals surface area contributed by atoms with E-state index < -0.39 is 0 Å². The normalized spacial score (nSPS) is 20.2. The summed E-state index contributed by atoms with van der Waals surface area (Å²) >= 11 is 0. The highest BCUT2D eigenvalue weighted by atomic mass is 16.5. The van der Waals surface area contributed by atoms with Crippen molar-refractivity contribution >= 4 is 0 Å². The first-order valence-corrected chi connectivity index (χ1v) is 5.31. The molecule has 2 unspecified atom stereocenters. The third-order valence-corrected chi connectivity index (χ3v) is 2.84. The monoisotopic (exact) mass is 211 g/mol. The fraction of sp³-hybridized carbons (Fsp3) is 0.800. The van der Waals surface area contributed by atoms with Crippen molar-refractivity contribution in [1.29, 1.82) is 0 Å². The van der Waals surface area contributed by atoms with Gasteiger partial charge in [0.05, 0.1) is 0 Å². The number of hydrogen-bond acceptors (Lipinski definition) is 5. The van der Waals surface area contributed by atoms with Crippen molar-refractivity contribution in [2.45, 2.75) is 38.3 Å². The van der Waals surface area contributed by atoms with Crippen molar-refractivity contribution in [3.63, 3.8) is 0 Å². The molecule has 2 atom stereocenters. The van der Waals surface area contributed by atoms with E-state index >= 15 is 0 Å². The fourth-order valence-electron chi connectivity index (χ4n) is 1.51. The quantitative estimate of drug-likeness (QED) is 0.788. The summed E-state index contributed by atoms with van der Waals surface area (Å²) in [5.41, 5.74) is 5.97. The minimum Gasteiger partial charge on any atom is -0.374 e. The standard InChI is InChI=1S/C10H17N3O2/c1-6(14-2)10-12-9(15-13-10)5-8(11)7-3-4-7/h6-8H,3-5,11H2,1-2H3. The van der Waals surface area contributed by atoms with E-state index in [2.05, 4.69) is 10.1 Å². The molecule has 0 spiro atoms. The Morgan fingerprint density at radius 1 is 1.60 bits per heavy atom. The van der Waals surface area contributed by atoms with E-state index in [0.29, 0.717) is 24.1 Å². The number of ether oxygens (including phenoxy) is 1. The molecule has 15 heavy (non-hydrogen) atoms. The van der Waals surface area contributed by atoms with E-state index in [1.54, 1.807) is 7.11 Å². The molecule has 5 heteroatoms. The van der Waals surface area contributed by atoms with E-state index in [4.69, 9.17) is 15.0 Å². The molecule has 1 aromatic rings. The van der Waals surface area contributed by atoms with E-state index in [-0.39, 0.29) is 12.1 Å². The third-order valence-electron chi connectivity index (χ3n) is 2.84. The van der Waals surface area contributed by atoms with Crippen LogP contribution in [0.15, 0.2) is 4.52 Å². The molecular weight excluding hydrogens is 194 g/mol. The molecule has 0 aliphatic heterocycles. The molecule has 0 aromatic carbocycles. The topological polar surface area (TPSA) is 74.2 Å². The Labute approximate surface area is 89.0 Å². The first-order chi connectivity index (χ1) is 7.20. The van der Waals surface area contributed by atoms with Gasteiger partial charge in [-0.2, -0.15) is 4.98 Å². The van der Waals surface area contributed by atoms with Gasteiger partial charge in [-0.1, -0.05) is 5.16 Å². The fourth-order valence-corrected chi connectivity index (χ4v) is 1.51. The summed E-state index contributed by atoms with van der Waals surface area (Å²) in [5.74, 6) is 1.86. The minimum atomic E-state index is -0.125. The van der Waals surface area contributed by atoms with E-state index in [0.717, 1.165) is 0 Å². The van der Waals surface area contributed by atoms with Crippen LogP contribution in [0.4, 0.5) is 0 Å². The molecule has 1 fully saturated rings. The van der Waals surface area contributed by atoms with Gasteiger partial charge in [-0.25, -0.2) is 0 Å². The third kappa shape index (κ3) is 2.54. The van der Waals surface area contributed by atoms with Crippen LogP contribution in [0.25, 0.3) is 0 Å². The zero-order valence-electron chi connectivity index (χ0n) is 9.14. The predicted molar refractivity (Wildman–Crippen MR) is 54.1 cm³/mol. The second kappa shape index (κ2) is 4.28. The molecule has 1 heterocycles. The average molecular weight is 211 g/mol. The summed E-state index contributed by atoms with van der Waals surface area (Å²) in [7, 11) is 1.62. The van der Waals surface area contributed by atoms with E-state index in [1.165, 1.54) is 12.8 Å². The number of methoxy groups -OCH3 is 1. The van der Waals surface area contributed by atoms with Crippen molar-refractivity contribution in [3.8, 4) is 0 Å². The first-order valence-electron chi connectivity index (χ1n) is 5.31. The van der Waals surface area contributed by atoms with Gasteiger partial charge in [-0.05, 0) is 25.7 Å². The highest BCUT2D eigenvalue weighted by molar-refractivity contribution is 4.95. The Morgan fingerprint density at radius 3 is 2.93 bits per heavy atom. The van der Waals surface area contributed by atoms with Gasteiger partial charge in [0.1, 0.15) is 6.10 Å². The molecule has 1 saturated carbocycles. The number of hydrogen-bond donors (Lipinski definition) is 1. The Bertz CT molecular complexity index is 322. The zero-order chi connectivity index (χ0) is 10.8. The van der Waals surface area contributed by atoms with Gasteiger partial charge in [-0.15, -0.1) is 0 Å². The number of nitrogens with two attached hydrogens (primary N) is 1. The van der Waals surface area contributed by atoms with Gasteiger partial charge in [-0.3, -0.25) is 0 Å². The second-order valence-corrected chi connectivity index (χ2v) is 4.13. The van der Waals surface area contributed by atoms with Crippen LogP contribution in [0.5, 0.6) is 0 Å². The summed E-state index contributed by atoms with van der Waals surface area (Å²) < 4.78 is 10.2. The lowest BCUT2D eigenvalue weighted by Crippen LogP contribution is -2.25. The molecule has 0 amide bonds. The van der Waals surface area contributed by atoms with Crippen LogP contribution in [-0.2, 0) is 11.2 Å². The highest BCUT2D eigenvalue weighted by Crippen LogP contribution is 2.32. The van der Waals surface area contributed by atoms with Gasteiger partial charge >= 0.3 is 0 Å². The molecule has 0 saturated heterocycles. The summed E-state index contributed by atoms with van der Waals surface area (Å²) in [6.07, 6.45) is 3.01.